The number of hydrogen-bond acceptors (Lipinski definition) is 17. The highest BCUT2D eigenvalue weighted by Gasteiger charge is 2.35. The Labute approximate surface area is 390 Å². The normalized spacial score (nSPS) is 11.9. The number of rotatable bonds is 13. The van der Waals surface area contributed by atoms with Crippen LogP contribution < -0.4 is 41.0 Å². The summed E-state index contributed by atoms with van der Waals surface area (Å²) in [6.07, 6.45) is 0.571. The molecule has 1 aromatic carbocycles. The van der Waals surface area contributed by atoms with E-state index in [1.807, 2.05) is 5.32 Å². The Morgan fingerprint density at radius 1 is 0.985 bits per heavy atom. The monoisotopic (exact) mass is 1060 g/mol. The molecule has 2 amide bonds. The van der Waals surface area contributed by atoms with Crippen LogP contribution in [0.5, 0.6) is 11.8 Å². The van der Waals surface area contributed by atoms with Crippen molar-refractivity contribution >= 4 is 81.6 Å². The zero-order chi connectivity index (χ0) is 51.9. The number of esters is 1. The summed E-state index contributed by atoms with van der Waals surface area (Å²) >= 11 is 11.6. The van der Waals surface area contributed by atoms with Gasteiger partial charge >= 0.3 is 35.8 Å². The summed E-state index contributed by atoms with van der Waals surface area (Å²) in [5.74, 6) is -3.81. The van der Waals surface area contributed by atoms with E-state index in [0.717, 1.165) is 20.2 Å². The van der Waals surface area contributed by atoms with Gasteiger partial charge in [-0.1, -0.05) is 23.2 Å². The Hall–Kier alpha value is -5.75. The number of aliphatic carboxylic acids is 1. The first-order valence-electron chi connectivity index (χ1n) is 17.8. The first-order valence-corrected chi connectivity index (χ1v) is 24.2. The number of urea groups is 1. The Morgan fingerprint density at radius 2 is 1.52 bits per heavy atom. The molecular weight excluding hydrogens is 1010 g/mol. The molecule has 0 spiro atoms. The summed E-state index contributed by atoms with van der Waals surface area (Å²) in [5.41, 5.74) is -4.78. The lowest BCUT2D eigenvalue weighted by molar-refractivity contribution is -0.193. The number of nitrogens with zero attached hydrogens (tertiary/aromatic N) is 6. The number of anilines is 1. The molecule has 4 rings (SSSR count). The fourth-order valence-corrected chi connectivity index (χ4v) is 6.62. The fourth-order valence-electron chi connectivity index (χ4n) is 4.46. The molecule has 1 unspecified atom stereocenters. The quantitative estimate of drug-likeness (QED) is 0.0628. The summed E-state index contributed by atoms with van der Waals surface area (Å²) in [4.78, 5) is 95.1. The molecular formula is C34H43Cl2F3N9O16PS2. The van der Waals surface area contributed by atoms with Crippen LogP contribution in [0.15, 0.2) is 44.9 Å². The Balaban J connectivity index is 0.000000524. The van der Waals surface area contributed by atoms with Gasteiger partial charge in [-0.15, -0.1) is 0 Å². The molecule has 0 aliphatic heterocycles. The van der Waals surface area contributed by atoms with Gasteiger partial charge in [0.2, 0.25) is 17.7 Å². The summed E-state index contributed by atoms with van der Waals surface area (Å²) in [6.45, 7) is 2.75. The van der Waals surface area contributed by atoms with Crippen LogP contribution in [0.2, 0.25) is 10.2 Å². The van der Waals surface area contributed by atoms with Crippen molar-refractivity contribution in [2.75, 3.05) is 51.1 Å². The van der Waals surface area contributed by atoms with Crippen molar-refractivity contribution in [1.29, 1.82) is 0 Å². The van der Waals surface area contributed by atoms with E-state index >= 15 is 0 Å². The summed E-state index contributed by atoms with van der Waals surface area (Å²) in [5, 5.41) is 23.4. The molecule has 3 aromatic heterocycles. The number of aromatic carboxylic acids is 1. The number of sulfonamides is 1. The number of carboxylic acid groups (broad SMARTS) is 2. The first kappa shape index (κ1) is 59.3. The van der Waals surface area contributed by atoms with Crippen molar-refractivity contribution in [3.63, 3.8) is 0 Å². The zero-order valence-electron chi connectivity index (χ0n) is 36.4. The van der Waals surface area contributed by atoms with Crippen molar-refractivity contribution in [2.45, 2.75) is 31.2 Å². The molecule has 25 nitrogen and oxygen atoms in total. The topological polar surface area (TPSA) is 355 Å². The minimum Gasteiger partial charge on any atom is -0.778 e. The number of carbonyl (C=O) groups is 4. The second kappa shape index (κ2) is 25.4. The molecule has 0 bridgehead atoms. The van der Waals surface area contributed by atoms with E-state index < -0.39 is 99.4 Å². The second-order valence-electron chi connectivity index (χ2n) is 13.2. The average molecular weight is 1060 g/mol. The van der Waals surface area contributed by atoms with Gasteiger partial charge < -0.3 is 38.8 Å². The highest BCUT2D eigenvalue weighted by atomic mass is 35.5. The number of alkyl halides is 3. The van der Waals surface area contributed by atoms with Gasteiger partial charge in [0.05, 0.1) is 74.3 Å². The minimum absolute atomic E-state index is 0.0104. The minimum atomic E-state index is -4.86. The van der Waals surface area contributed by atoms with Crippen LogP contribution >= 0.6 is 30.8 Å². The molecule has 1 atom stereocenters. The first-order chi connectivity index (χ1) is 30.7. The van der Waals surface area contributed by atoms with E-state index in [1.54, 1.807) is 18.6 Å². The van der Waals surface area contributed by atoms with Gasteiger partial charge in [0.25, 0.3) is 15.6 Å². The fraction of sp³-hybridized carbons (Fsp3) is 0.382. The SMILES string of the molecule is CC(C)OC(=O)c1cc(-n2c(=O)cc(C(F)(F)F)n(C)c2=O)ccc1Cl.COc1cc(OC)nc(NC(=O)NS(=O)(=O)c2c(C(=O)O)c(Cl)nn2C)n1.C[S+](C)C.O=C(O)CNCP(=O)([O-])O. The Bertz CT molecular complexity index is 2690. The van der Waals surface area contributed by atoms with E-state index in [2.05, 4.69) is 39.2 Å². The van der Waals surface area contributed by atoms with Crippen molar-refractivity contribution in [3.8, 4) is 17.4 Å². The number of amides is 2. The standard InChI is InChI=1S/C16H14ClF3N2O4.C12H13ClN6O7S.C3H8NO5P.C3H9S/c1-8(2)26-14(24)10-6-9(4-5-11(10)17)22-13(23)7-12(16(18,19)20)21(3)15(22)25;1-19-9(7(10(20)21)8(13)17-19)27(23,24)18-12(22)16-11-14-5(25-2)4-6(15-11)26-3;5-3(6)1-4-2-10(7,8)9;1-4(2)3/h4-8H,1-3H3;4H,1-3H3,(H,20,21)(H2,14,15,16,18,22);4H,1-2H2,(H,5,6)(H2,7,8,9);1-3H3/q;;;+1/p-1. The smallest absolute Gasteiger partial charge is 0.431 e. The molecule has 0 aliphatic carbocycles. The third kappa shape index (κ3) is 19.2. The zero-order valence-corrected chi connectivity index (χ0v) is 40.4. The van der Waals surface area contributed by atoms with Crippen LogP contribution in [-0.4, -0.2) is 128 Å². The Kier molecular flexibility index (Phi) is 22.5. The van der Waals surface area contributed by atoms with Crippen LogP contribution in [-0.2, 0) is 55.3 Å². The number of halogens is 5. The lowest BCUT2D eigenvalue weighted by Crippen LogP contribution is -2.40. The van der Waals surface area contributed by atoms with E-state index in [4.69, 9.17) is 52.5 Å². The number of ether oxygens (including phenoxy) is 3. The van der Waals surface area contributed by atoms with Crippen molar-refractivity contribution < 1.29 is 79.5 Å². The molecule has 372 valence electrons. The van der Waals surface area contributed by atoms with Gasteiger partial charge in [-0.2, -0.15) is 36.7 Å². The number of aromatic nitrogens is 6. The van der Waals surface area contributed by atoms with Crippen LogP contribution in [0.4, 0.5) is 23.9 Å². The van der Waals surface area contributed by atoms with E-state index in [0.29, 0.717) is 30.8 Å². The molecule has 33 heteroatoms. The molecule has 3 heterocycles. The molecule has 0 fully saturated rings. The summed E-state index contributed by atoms with van der Waals surface area (Å²) in [6, 6.07) is 3.97. The predicted molar refractivity (Wildman–Crippen MR) is 233 cm³/mol. The lowest BCUT2D eigenvalue weighted by atomic mass is 10.2. The maximum atomic E-state index is 12.9. The Morgan fingerprint density at radius 3 is 1.97 bits per heavy atom. The number of hydrogen-bond donors (Lipinski definition) is 6. The average Bonchev–Trinajstić information content (AvgIpc) is 3.49. The lowest BCUT2D eigenvalue weighted by Gasteiger charge is -2.15. The number of carboxylic acids is 2. The van der Waals surface area contributed by atoms with Crippen LogP contribution in [0.3, 0.4) is 0 Å². The number of aryl methyl sites for hydroxylation is 1. The predicted octanol–water partition coefficient (Wildman–Crippen LogP) is 1.52. The third-order valence-electron chi connectivity index (χ3n) is 6.94. The number of methoxy groups -OCH3 is 2. The van der Waals surface area contributed by atoms with E-state index in [1.165, 1.54) is 32.4 Å². The highest BCUT2D eigenvalue weighted by Crippen LogP contribution is 2.28. The van der Waals surface area contributed by atoms with Gasteiger partial charge in [0.15, 0.2) is 10.2 Å². The number of carbonyl (C=O) groups excluding carboxylic acids is 2. The van der Waals surface area contributed by atoms with Gasteiger partial charge in [0, 0.05) is 20.2 Å². The van der Waals surface area contributed by atoms with E-state index in [9.17, 15) is 59.8 Å². The van der Waals surface area contributed by atoms with Gasteiger partial charge in [0.1, 0.15) is 18.9 Å². The van der Waals surface area contributed by atoms with Crippen LogP contribution in [0.1, 0.15) is 40.3 Å². The molecule has 0 saturated carbocycles. The van der Waals surface area contributed by atoms with Crippen molar-refractivity contribution in [2.24, 2.45) is 14.1 Å². The molecule has 67 heavy (non-hydrogen) atoms. The van der Waals surface area contributed by atoms with Gasteiger partial charge in [-0.25, -0.2) is 28.5 Å². The molecule has 0 radical (unpaired) electrons. The number of nitrogens with one attached hydrogen (secondary N) is 3. The molecule has 0 saturated heterocycles. The summed E-state index contributed by atoms with van der Waals surface area (Å²) in [7, 11) is -3.67. The van der Waals surface area contributed by atoms with Gasteiger partial charge in [-0.3, -0.25) is 29.5 Å². The van der Waals surface area contributed by atoms with Crippen LogP contribution in [0, 0.1) is 0 Å². The summed E-state index contributed by atoms with van der Waals surface area (Å²) < 4.78 is 91.4. The van der Waals surface area contributed by atoms with Gasteiger partial charge in [-0.05, 0) is 42.9 Å². The molecule has 6 N–H and O–H groups in total. The molecule has 4 aromatic rings. The molecule has 0 aliphatic rings. The third-order valence-corrected chi connectivity index (χ3v) is 9.59. The maximum Gasteiger partial charge on any atom is 0.431 e. The largest absolute Gasteiger partial charge is 0.778 e. The van der Waals surface area contributed by atoms with Crippen LogP contribution in [0.25, 0.3) is 5.69 Å². The van der Waals surface area contributed by atoms with Crippen molar-refractivity contribution in [3.05, 3.63) is 78.2 Å². The highest BCUT2D eigenvalue weighted by molar-refractivity contribution is 7.94. The van der Waals surface area contributed by atoms with Crippen molar-refractivity contribution in [1.82, 2.24) is 38.9 Å². The number of benzene rings is 1. The second-order valence-corrected chi connectivity index (χ2v) is 19.6. The maximum absolute atomic E-state index is 12.9. The van der Waals surface area contributed by atoms with E-state index in [-0.39, 0.29) is 34.0 Å².